The predicted octanol–water partition coefficient (Wildman–Crippen LogP) is 3.89. The minimum Gasteiger partial charge on any atom is -0.252 e. The molecule has 1 aliphatic rings. The summed E-state index contributed by atoms with van der Waals surface area (Å²) in [6.07, 6.45) is 2.99. The third kappa shape index (κ3) is 2.48. The number of nitrogens with zero attached hydrogens (tertiary/aromatic N) is 3. The Morgan fingerprint density at radius 1 is 1.14 bits per heavy atom. The van der Waals surface area contributed by atoms with Gasteiger partial charge in [-0.25, -0.2) is 4.98 Å². The Balaban J connectivity index is 1.54. The SMILES string of the molecule is Ic1cccc(-c2ncn(CC3Cc4ccccc43)n2)c1. The molecule has 1 aliphatic carbocycles. The third-order valence-corrected chi connectivity index (χ3v) is 4.66. The number of hydrogen-bond donors (Lipinski definition) is 0. The first kappa shape index (κ1) is 13.0. The van der Waals surface area contributed by atoms with Crippen molar-refractivity contribution >= 4 is 22.6 Å². The Morgan fingerprint density at radius 2 is 2.05 bits per heavy atom. The van der Waals surface area contributed by atoms with E-state index in [0.717, 1.165) is 24.4 Å². The minimum atomic E-state index is 0.576. The average Bonchev–Trinajstić information content (AvgIpc) is 2.94. The van der Waals surface area contributed by atoms with Crippen LogP contribution < -0.4 is 0 Å². The molecule has 0 spiro atoms. The van der Waals surface area contributed by atoms with Gasteiger partial charge in [0.15, 0.2) is 5.82 Å². The van der Waals surface area contributed by atoms with Crippen LogP contribution in [-0.4, -0.2) is 14.8 Å². The van der Waals surface area contributed by atoms with E-state index in [-0.39, 0.29) is 0 Å². The van der Waals surface area contributed by atoms with E-state index in [2.05, 4.69) is 75.1 Å². The second-order valence-corrected chi connectivity index (χ2v) is 6.65. The fourth-order valence-corrected chi connectivity index (χ4v) is 3.44. The fraction of sp³-hybridized carbons (Fsp3) is 0.176. The summed E-state index contributed by atoms with van der Waals surface area (Å²) in [6, 6.07) is 16.9. The van der Waals surface area contributed by atoms with Gasteiger partial charge in [0.05, 0.1) is 0 Å². The Bertz CT molecular complexity index is 794. The molecule has 104 valence electrons. The van der Waals surface area contributed by atoms with Gasteiger partial charge < -0.3 is 0 Å². The van der Waals surface area contributed by atoms with E-state index in [1.54, 1.807) is 0 Å². The van der Waals surface area contributed by atoms with Crippen molar-refractivity contribution in [2.24, 2.45) is 0 Å². The number of rotatable bonds is 3. The maximum absolute atomic E-state index is 4.62. The number of hydrogen-bond acceptors (Lipinski definition) is 2. The van der Waals surface area contributed by atoms with Gasteiger partial charge in [-0.3, -0.25) is 4.68 Å². The van der Waals surface area contributed by atoms with Crippen LogP contribution in [0.2, 0.25) is 0 Å². The number of aromatic nitrogens is 3. The van der Waals surface area contributed by atoms with Gasteiger partial charge in [-0.2, -0.15) is 5.10 Å². The summed E-state index contributed by atoms with van der Waals surface area (Å²) in [5.74, 6) is 1.38. The Labute approximate surface area is 137 Å². The van der Waals surface area contributed by atoms with Crippen molar-refractivity contribution in [1.29, 1.82) is 0 Å². The van der Waals surface area contributed by atoms with Crippen molar-refractivity contribution in [3.63, 3.8) is 0 Å². The normalized spacial score (nSPS) is 16.3. The highest BCUT2D eigenvalue weighted by molar-refractivity contribution is 14.1. The van der Waals surface area contributed by atoms with Gasteiger partial charge in [0.1, 0.15) is 6.33 Å². The van der Waals surface area contributed by atoms with Crippen molar-refractivity contribution in [3.05, 3.63) is 69.6 Å². The zero-order chi connectivity index (χ0) is 14.2. The number of benzene rings is 2. The quantitative estimate of drug-likeness (QED) is 0.639. The highest BCUT2D eigenvalue weighted by atomic mass is 127. The molecule has 0 saturated carbocycles. The summed E-state index contributed by atoms with van der Waals surface area (Å²) in [7, 11) is 0. The predicted molar refractivity (Wildman–Crippen MR) is 91.1 cm³/mol. The first-order chi connectivity index (χ1) is 10.3. The number of halogens is 1. The van der Waals surface area contributed by atoms with Crippen LogP contribution in [0.15, 0.2) is 54.9 Å². The molecule has 1 unspecified atom stereocenters. The van der Waals surface area contributed by atoms with E-state index in [0.29, 0.717) is 5.92 Å². The van der Waals surface area contributed by atoms with Crippen LogP contribution in [0.1, 0.15) is 17.0 Å². The van der Waals surface area contributed by atoms with E-state index in [4.69, 9.17) is 0 Å². The monoisotopic (exact) mass is 387 g/mol. The minimum absolute atomic E-state index is 0.576. The molecule has 0 bridgehead atoms. The van der Waals surface area contributed by atoms with Crippen LogP contribution in [0.4, 0.5) is 0 Å². The fourth-order valence-electron chi connectivity index (χ4n) is 2.89. The van der Waals surface area contributed by atoms with Gasteiger partial charge in [0.25, 0.3) is 0 Å². The highest BCUT2D eigenvalue weighted by Crippen LogP contribution is 2.35. The van der Waals surface area contributed by atoms with Gasteiger partial charge in [0, 0.05) is 21.6 Å². The Hall–Kier alpha value is -1.69. The Morgan fingerprint density at radius 3 is 2.90 bits per heavy atom. The zero-order valence-corrected chi connectivity index (χ0v) is 13.6. The largest absolute Gasteiger partial charge is 0.252 e. The summed E-state index contributed by atoms with van der Waals surface area (Å²) in [6.45, 7) is 0.911. The molecule has 0 fully saturated rings. The summed E-state index contributed by atoms with van der Waals surface area (Å²) in [4.78, 5) is 4.44. The summed E-state index contributed by atoms with van der Waals surface area (Å²) in [5.41, 5.74) is 4.01. The number of fused-ring (bicyclic) bond motifs is 1. The van der Waals surface area contributed by atoms with Crippen LogP contribution in [0.25, 0.3) is 11.4 Å². The first-order valence-corrected chi connectivity index (χ1v) is 8.11. The molecular weight excluding hydrogens is 373 g/mol. The molecule has 3 nitrogen and oxygen atoms in total. The lowest BCUT2D eigenvalue weighted by Crippen LogP contribution is -2.22. The van der Waals surface area contributed by atoms with Crippen molar-refractivity contribution < 1.29 is 0 Å². The maximum atomic E-state index is 4.62. The molecule has 1 atom stereocenters. The van der Waals surface area contributed by atoms with Crippen molar-refractivity contribution in [3.8, 4) is 11.4 Å². The molecule has 1 heterocycles. The van der Waals surface area contributed by atoms with E-state index in [9.17, 15) is 0 Å². The van der Waals surface area contributed by atoms with Crippen molar-refractivity contribution in [2.45, 2.75) is 18.9 Å². The zero-order valence-electron chi connectivity index (χ0n) is 11.4. The van der Waals surface area contributed by atoms with Crippen molar-refractivity contribution in [1.82, 2.24) is 14.8 Å². The standard InChI is InChI=1S/C17H14IN3/c18-15-6-3-5-13(9-15)17-19-11-21(20-17)10-14-8-12-4-1-2-7-16(12)14/h1-7,9,11,14H,8,10H2. The lowest BCUT2D eigenvalue weighted by atomic mass is 9.78. The molecule has 4 heteroatoms. The van der Waals surface area contributed by atoms with E-state index < -0.39 is 0 Å². The van der Waals surface area contributed by atoms with Gasteiger partial charge in [-0.15, -0.1) is 0 Å². The maximum Gasteiger partial charge on any atom is 0.181 e. The Kier molecular flexibility index (Phi) is 3.25. The van der Waals surface area contributed by atoms with Gasteiger partial charge in [-0.05, 0) is 52.3 Å². The molecular formula is C17H14IN3. The summed E-state index contributed by atoms with van der Waals surface area (Å²) >= 11 is 2.31. The van der Waals surface area contributed by atoms with E-state index in [1.807, 2.05) is 17.1 Å². The molecule has 2 aromatic carbocycles. The second-order valence-electron chi connectivity index (χ2n) is 5.40. The average molecular weight is 387 g/mol. The lowest BCUT2D eigenvalue weighted by Gasteiger charge is -2.29. The molecule has 1 aromatic heterocycles. The van der Waals surface area contributed by atoms with Crippen LogP contribution >= 0.6 is 22.6 Å². The summed E-state index contributed by atoms with van der Waals surface area (Å²) < 4.78 is 3.17. The second kappa shape index (κ2) is 5.26. The molecule has 0 amide bonds. The molecule has 0 radical (unpaired) electrons. The molecule has 3 aromatic rings. The molecule has 0 aliphatic heterocycles. The van der Waals surface area contributed by atoms with Crippen LogP contribution in [0.5, 0.6) is 0 Å². The van der Waals surface area contributed by atoms with Gasteiger partial charge in [-0.1, -0.05) is 36.4 Å². The van der Waals surface area contributed by atoms with Gasteiger partial charge >= 0.3 is 0 Å². The molecule has 21 heavy (non-hydrogen) atoms. The molecule has 0 N–H and O–H groups in total. The van der Waals surface area contributed by atoms with Crippen LogP contribution in [0.3, 0.4) is 0 Å². The smallest absolute Gasteiger partial charge is 0.181 e. The topological polar surface area (TPSA) is 30.7 Å². The van der Waals surface area contributed by atoms with E-state index in [1.165, 1.54) is 14.7 Å². The molecule has 0 saturated heterocycles. The van der Waals surface area contributed by atoms with Crippen molar-refractivity contribution in [2.75, 3.05) is 0 Å². The molecule has 4 rings (SSSR count). The highest BCUT2D eigenvalue weighted by Gasteiger charge is 2.25. The van der Waals surface area contributed by atoms with Crippen LogP contribution in [-0.2, 0) is 13.0 Å². The first-order valence-electron chi connectivity index (χ1n) is 7.03. The lowest BCUT2D eigenvalue weighted by molar-refractivity contribution is 0.475. The third-order valence-electron chi connectivity index (χ3n) is 3.99. The van der Waals surface area contributed by atoms with Crippen LogP contribution in [0, 0.1) is 3.57 Å². The van der Waals surface area contributed by atoms with E-state index >= 15 is 0 Å². The summed E-state index contributed by atoms with van der Waals surface area (Å²) in [5, 5.41) is 4.62. The van der Waals surface area contributed by atoms with Gasteiger partial charge in [0.2, 0.25) is 0 Å².